The van der Waals surface area contributed by atoms with E-state index in [-0.39, 0.29) is 6.10 Å². The summed E-state index contributed by atoms with van der Waals surface area (Å²) in [7, 11) is 0. The van der Waals surface area contributed by atoms with Crippen LogP contribution in [-0.4, -0.2) is 19.2 Å². The molecule has 1 aliphatic rings. The monoisotopic (exact) mass is 268 g/mol. The Morgan fingerprint density at radius 1 is 1.05 bits per heavy atom. The van der Waals surface area contributed by atoms with Crippen LogP contribution in [0.1, 0.15) is 13.8 Å². The van der Waals surface area contributed by atoms with E-state index >= 15 is 0 Å². The molecule has 3 heteroatoms. The van der Waals surface area contributed by atoms with Crippen molar-refractivity contribution in [3.63, 3.8) is 0 Å². The SMILES string of the molecule is CC(C)Oc1ccc(N2CCNc3ccccc32)cc1. The minimum absolute atomic E-state index is 0.209. The smallest absolute Gasteiger partial charge is 0.119 e. The van der Waals surface area contributed by atoms with Crippen molar-refractivity contribution >= 4 is 17.1 Å². The van der Waals surface area contributed by atoms with Crippen LogP contribution in [0.4, 0.5) is 17.1 Å². The molecule has 104 valence electrons. The van der Waals surface area contributed by atoms with Crippen molar-refractivity contribution in [1.29, 1.82) is 0 Å². The van der Waals surface area contributed by atoms with E-state index in [1.807, 2.05) is 26.0 Å². The second-order valence-electron chi connectivity index (χ2n) is 5.26. The van der Waals surface area contributed by atoms with Gasteiger partial charge < -0.3 is 15.0 Å². The molecule has 3 rings (SSSR count). The average molecular weight is 268 g/mol. The van der Waals surface area contributed by atoms with E-state index in [1.54, 1.807) is 0 Å². The Kier molecular flexibility index (Phi) is 3.50. The van der Waals surface area contributed by atoms with Gasteiger partial charge in [-0.25, -0.2) is 0 Å². The van der Waals surface area contributed by atoms with Gasteiger partial charge in [0, 0.05) is 18.8 Å². The lowest BCUT2D eigenvalue weighted by Crippen LogP contribution is -2.29. The van der Waals surface area contributed by atoms with E-state index in [4.69, 9.17) is 4.74 Å². The number of para-hydroxylation sites is 2. The molecule has 1 heterocycles. The molecule has 0 aliphatic carbocycles. The molecule has 3 nitrogen and oxygen atoms in total. The summed E-state index contributed by atoms with van der Waals surface area (Å²) in [6, 6.07) is 16.8. The summed E-state index contributed by atoms with van der Waals surface area (Å²) in [5.41, 5.74) is 3.63. The number of rotatable bonds is 3. The topological polar surface area (TPSA) is 24.5 Å². The normalized spacial score (nSPS) is 13.8. The number of ether oxygens (including phenoxy) is 1. The molecule has 2 aromatic rings. The Balaban J connectivity index is 1.87. The highest BCUT2D eigenvalue weighted by atomic mass is 16.5. The Morgan fingerprint density at radius 3 is 2.55 bits per heavy atom. The number of nitrogens with zero attached hydrogens (tertiary/aromatic N) is 1. The van der Waals surface area contributed by atoms with Crippen molar-refractivity contribution in [3.8, 4) is 5.75 Å². The lowest BCUT2D eigenvalue weighted by molar-refractivity contribution is 0.242. The van der Waals surface area contributed by atoms with Gasteiger partial charge in [-0.15, -0.1) is 0 Å². The number of hydrogen-bond donors (Lipinski definition) is 1. The molecular formula is C17H20N2O. The summed E-state index contributed by atoms with van der Waals surface area (Å²) in [6.45, 7) is 6.02. The van der Waals surface area contributed by atoms with Crippen LogP contribution in [0.2, 0.25) is 0 Å². The molecule has 0 spiro atoms. The molecule has 0 saturated heterocycles. The van der Waals surface area contributed by atoms with Crippen LogP contribution in [0.5, 0.6) is 5.75 Å². The van der Waals surface area contributed by atoms with Crippen LogP contribution in [0.25, 0.3) is 0 Å². The molecule has 0 bridgehead atoms. The van der Waals surface area contributed by atoms with Gasteiger partial charge in [0.15, 0.2) is 0 Å². The van der Waals surface area contributed by atoms with Crippen LogP contribution >= 0.6 is 0 Å². The minimum Gasteiger partial charge on any atom is -0.491 e. The van der Waals surface area contributed by atoms with E-state index in [0.717, 1.165) is 18.8 Å². The summed E-state index contributed by atoms with van der Waals surface area (Å²) < 4.78 is 5.70. The lowest BCUT2D eigenvalue weighted by Gasteiger charge is -2.32. The van der Waals surface area contributed by atoms with Crippen molar-refractivity contribution in [2.75, 3.05) is 23.3 Å². The van der Waals surface area contributed by atoms with Crippen molar-refractivity contribution in [3.05, 3.63) is 48.5 Å². The number of nitrogens with one attached hydrogen (secondary N) is 1. The Labute approximate surface area is 120 Å². The number of anilines is 3. The number of benzene rings is 2. The van der Waals surface area contributed by atoms with Gasteiger partial charge in [-0.05, 0) is 50.2 Å². The molecule has 0 aromatic heterocycles. The first-order valence-electron chi connectivity index (χ1n) is 7.11. The molecular weight excluding hydrogens is 248 g/mol. The fourth-order valence-corrected chi connectivity index (χ4v) is 2.53. The van der Waals surface area contributed by atoms with Gasteiger partial charge in [-0.2, -0.15) is 0 Å². The van der Waals surface area contributed by atoms with Crippen molar-refractivity contribution < 1.29 is 4.74 Å². The maximum Gasteiger partial charge on any atom is 0.119 e. The van der Waals surface area contributed by atoms with E-state index in [9.17, 15) is 0 Å². The third-order valence-corrected chi connectivity index (χ3v) is 3.37. The van der Waals surface area contributed by atoms with E-state index in [0.29, 0.717) is 0 Å². The molecule has 0 fully saturated rings. The summed E-state index contributed by atoms with van der Waals surface area (Å²) in [6.07, 6.45) is 0.209. The zero-order valence-corrected chi connectivity index (χ0v) is 12.0. The van der Waals surface area contributed by atoms with Gasteiger partial charge in [0.1, 0.15) is 5.75 Å². The maximum atomic E-state index is 5.70. The molecule has 0 saturated carbocycles. The fourth-order valence-electron chi connectivity index (χ4n) is 2.53. The second kappa shape index (κ2) is 5.45. The van der Waals surface area contributed by atoms with Crippen molar-refractivity contribution in [2.45, 2.75) is 20.0 Å². The first-order valence-corrected chi connectivity index (χ1v) is 7.11. The summed E-state index contributed by atoms with van der Waals surface area (Å²) in [5, 5.41) is 3.43. The second-order valence-corrected chi connectivity index (χ2v) is 5.26. The first-order chi connectivity index (χ1) is 9.74. The molecule has 20 heavy (non-hydrogen) atoms. The lowest BCUT2D eigenvalue weighted by atomic mass is 10.1. The Bertz CT molecular complexity index is 578. The summed E-state index contributed by atoms with van der Waals surface area (Å²) >= 11 is 0. The van der Waals surface area contributed by atoms with Crippen LogP contribution in [0.15, 0.2) is 48.5 Å². The van der Waals surface area contributed by atoms with Crippen molar-refractivity contribution in [1.82, 2.24) is 0 Å². The molecule has 1 N–H and O–H groups in total. The summed E-state index contributed by atoms with van der Waals surface area (Å²) in [5.74, 6) is 0.923. The standard InChI is InChI=1S/C17H20N2O/c1-13(2)20-15-9-7-14(8-10-15)19-12-11-18-16-5-3-4-6-17(16)19/h3-10,13,18H,11-12H2,1-2H3. The highest BCUT2D eigenvalue weighted by Crippen LogP contribution is 2.34. The molecule has 1 aliphatic heterocycles. The maximum absolute atomic E-state index is 5.70. The van der Waals surface area contributed by atoms with Gasteiger partial charge in [-0.3, -0.25) is 0 Å². The number of fused-ring (bicyclic) bond motifs is 1. The zero-order valence-electron chi connectivity index (χ0n) is 12.0. The highest BCUT2D eigenvalue weighted by Gasteiger charge is 2.17. The number of hydrogen-bond acceptors (Lipinski definition) is 3. The van der Waals surface area contributed by atoms with Gasteiger partial charge in [-0.1, -0.05) is 12.1 Å². The molecule has 0 amide bonds. The zero-order chi connectivity index (χ0) is 13.9. The van der Waals surface area contributed by atoms with E-state index in [1.165, 1.54) is 17.1 Å². The molecule has 0 atom stereocenters. The van der Waals surface area contributed by atoms with E-state index in [2.05, 4.69) is 46.6 Å². The molecule has 0 unspecified atom stereocenters. The predicted octanol–water partition coefficient (Wildman–Crippen LogP) is 4.04. The Hall–Kier alpha value is -2.16. The van der Waals surface area contributed by atoms with Crippen LogP contribution in [0, 0.1) is 0 Å². The van der Waals surface area contributed by atoms with Gasteiger partial charge >= 0.3 is 0 Å². The average Bonchev–Trinajstić information content (AvgIpc) is 2.47. The Morgan fingerprint density at radius 2 is 1.80 bits per heavy atom. The van der Waals surface area contributed by atoms with Crippen LogP contribution in [-0.2, 0) is 0 Å². The predicted molar refractivity (Wildman–Crippen MR) is 84.1 cm³/mol. The quantitative estimate of drug-likeness (QED) is 0.909. The fraction of sp³-hybridized carbons (Fsp3) is 0.294. The van der Waals surface area contributed by atoms with Crippen LogP contribution in [0.3, 0.4) is 0 Å². The third kappa shape index (κ3) is 2.57. The highest BCUT2D eigenvalue weighted by molar-refractivity contribution is 5.78. The van der Waals surface area contributed by atoms with Crippen LogP contribution < -0.4 is 15.0 Å². The van der Waals surface area contributed by atoms with Gasteiger partial charge in [0.2, 0.25) is 0 Å². The minimum atomic E-state index is 0.209. The van der Waals surface area contributed by atoms with Crippen molar-refractivity contribution in [2.24, 2.45) is 0 Å². The largest absolute Gasteiger partial charge is 0.491 e. The van der Waals surface area contributed by atoms with E-state index < -0.39 is 0 Å². The molecule has 2 aromatic carbocycles. The van der Waals surface area contributed by atoms with Gasteiger partial charge in [0.25, 0.3) is 0 Å². The summed E-state index contributed by atoms with van der Waals surface area (Å²) in [4.78, 5) is 2.34. The first kappa shape index (κ1) is 12.9. The molecule has 0 radical (unpaired) electrons. The van der Waals surface area contributed by atoms with Gasteiger partial charge in [0.05, 0.1) is 17.5 Å². The third-order valence-electron chi connectivity index (χ3n) is 3.37.